The Bertz CT molecular complexity index is 656. The van der Waals surface area contributed by atoms with E-state index in [4.69, 9.17) is 4.74 Å². The molecule has 1 aromatic carbocycles. The number of nitrogens with zero attached hydrogens (tertiary/aromatic N) is 2. The van der Waals surface area contributed by atoms with E-state index < -0.39 is 6.09 Å². The SMILES string of the molecule is COc1ccc(Br)c(C(=O)N2CC(CN3C(=O)COC3=O)C2)c1. The molecule has 2 saturated heterocycles. The number of methoxy groups -OCH3 is 1. The van der Waals surface area contributed by atoms with Crippen LogP contribution < -0.4 is 4.74 Å². The molecule has 2 fully saturated rings. The van der Waals surface area contributed by atoms with E-state index in [9.17, 15) is 14.4 Å². The molecular formula is C15H15BrN2O5. The fraction of sp³-hybridized carbons (Fsp3) is 0.400. The van der Waals surface area contributed by atoms with Gasteiger partial charge in [0.05, 0.1) is 12.7 Å². The number of ether oxygens (including phenoxy) is 2. The summed E-state index contributed by atoms with van der Waals surface area (Å²) in [5.74, 6) is 0.259. The van der Waals surface area contributed by atoms with Crippen LogP contribution in [0.4, 0.5) is 4.79 Å². The fourth-order valence-electron chi connectivity index (χ4n) is 2.63. The molecule has 1 aromatic rings. The van der Waals surface area contributed by atoms with Gasteiger partial charge in [0.25, 0.3) is 11.8 Å². The lowest BCUT2D eigenvalue weighted by Crippen LogP contribution is -2.54. The minimum atomic E-state index is -0.602. The summed E-state index contributed by atoms with van der Waals surface area (Å²) in [4.78, 5) is 38.2. The molecule has 23 heavy (non-hydrogen) atoms. The Hall–Kier alpha value is -2.09. The van der Waals surface area contributed by atoms with Crippen LogP contribution in [0.15, 0.2) is 22.7 Å². The van der Waals surface area contributed by atoms with Crippen LogP contribution in [0.25, 0.3) is 0 Å². The van der Waals surface area contributed by atoms with Crippen molar-refractivity contribution in [3.63, 3.8) is 0 Å². The molecule has 0 aromatic heterocycles. The highest BCUT2D eigenvalue weighted by atomic mass is 79.9. The standard InChI is InChI=1S/C15H15BrN2O5/c1-22-10-2-3-12(16)11(4-10)14(20)17-5-9(6-17)7-18-13(19)8-23-15(18)21/h2-4,9H,5-8H2,1H3. The minimum Gasteiger partial charge on any atom is -0.497 e. The third kappa shape index (κ3) is 3.03. The number of likely N-dealkylation sites (tertiary alicyclic amines) is 1. The number of hydrogen-bond donors (Lipinski definition) is 0. The molecule has 3 rings (SSSR count). The van der Waals surface area contributed by atoms with Crippen molar-refractivity contribution in [2.75, 3.05) is 33.4 Å². The number of carbonyl (C=O) groups is 3. The maximum absolute atomic E-state index is 12.5. The lowest BCUT2D eigenvalue weighted by Gasteiger charge is -2.40. The van der Waals surface area contributed by atoms with E-state index >= 15 is 0 Å². The second-order valence-corrected chi connectivity index (χ2v) is 6.34. The van der Waals surface area contributed by atoms with Crippen molar-refractivity contribution >= 4 is 33.8 Å². The van der Waals surface area contributed by atoms with Gasteiger partial charge in [-0.1, -0.05) is 0 Å². The Balaban J connectivity index is 1.60. The number of hydrogen-bond acceptors (Lipinski definition) is 5. The van der Waals surface area contributed by atoms with Gasteiger partial charge < -0.3 is 14.4 Å². The second kappa shape index (κ2) is 6.19. The molecule has 2 heterocycles. The predicted molar refractivity (Wildman–Crippen MR) is 83.1 cm³/mol. The largest absolute Gasteiger partial charge is 0.497 e. The Morgan fingerprint density at radius 1 is 1.39 bits per heavy atom. The lowest BCUT2D eigenvalue weighted by molar-refractivity contribution is -0.126. The molecule has 7 nitrogen and oxygen atoms in total. The van der Waals surface area contributed by atoms with Crippen molar-refractivity contribution in [2.45, 2.75) is 0 Å². The van der Waals surface area contributed by atoms with Crippen LogP contribution >= 0.6 is 15.9 Å². The summed E-state index contributed by atoms with van der Waals surface area (Å²) in [5.41, 5.74) is 0.527. The Labute approximate surface area is 141 Å². The summed E-state index contributed by atoms with van der Waals surface area (Å²) < 4.78 is 10.5. The van der Waals surface area contributed by atoms with E-state index in [2.05, 4.69) is 20.7 Å². The molecule has 0 bridgehead atoms. The summed E-state index contributed by atoms with van der Waals surface area (Å²) in [6.07, 6.45) is -0.602. The van der Waals surface area contributed by atoms with Crippen LogP contribution in [0.2, 0.25) is 0 Å². The van der Waals surface area contributed by atoms with Crippen LogP contribution in [0.1, 0.15) is 10.4 Å². The maximum Gasteiger partial charge on any atom is 0.417 e. The molecule has 8 heteroatoms. The van der Waals surface area contributed by atoms with Crippen molar-refractivity contribution in [3.05, 3.63) is 28.2 Å². The zero-order chi connectivity index (χ0) is 16.6. The van der Waals surface area contributed by atoms with Crippen molar-refractivity contribution in [2.24, 2.45) is 5.92 Å². The molecule has 2 aliphatic heterocycles. The van der Waals surface area contributed by atoms with Gasteiger partial charge >= 0.3 is 6.09 Å². The smallest absolute Gasteiger partial charge is 0.417 e. The summed E-state index contributed by atoms with van der Waals surface area (Å²) in [5, 5.41) is 0. The molecule has 2 aliphatic rings. The van der Waals surface area contributed by atoms with E-state index in [0.29, 0.717) is 35.4 Å². The number of rotatable bonds is 4. The molecule has 0 spiro atoms. The van der Waals surface area contributed by atoms with Crippen molar-refractivity contribution in [1.82, 2.24) is 9.80 Å². The fourth-order valence-corrected chi connectivity index (χ4v) is 3.05. The van der Waals surface area contributed by atoms with Crippen LogP contribution in [-0.2, 0) is 9.53 Å². The first-order valence-corrected chi connectivity index (χ1v) is 7.89. The highest BCUT2D eigenvalue weighted by Gasteiger charge is 2.38. The molecule has 122 valence electrons. The zero-order valence-electron chi connectivity index (χ0n) is 12.5. The van der Waals surface area contributed by atoms with Gasteiger partial charge in [-0.05, 0) is 34.1 Å². The van der Waals surface area contributed by atoms with E-state index in [0.717, 1.165) is 4.90 Å². The van der Waals surface area contributed by atoms with Crippen LogP contribution in [0.3, 0.4) is 0 Å². The summed E-state index contributed by atoms with van der Waals surface area (Å²) >= 11 is 3.37. The van der Waals surface area contributed by atoms with Gasteiger partial charge in [0.1, 0.15) is 5.75 Å². The van der Waals surface area contributed by atoms with E-state index in [1.807, 2.05) is 0 Å². The van der Waals surface area contributed by atoms with Gasteiger partial charge in [0, 0.05) is 30.0 Å². The molecular weight excluding hydrogens is 368 g/mol. The Kier molecular flexibility index (Phi) is 4.25. The number of cyclic esters (lactones) is 1. The topological polar surface area (TPSA) is 76.2 Å². The highest BCUT2D eigenvalue weighted by Crippen LogP contribution is 2.27. The van der Waals surface area contributed by atoms with Crippen LogP contribution in [0.5, 0.6) is 5.75 Å². The molecule has 0 saturated carbocycles. The Morgan fingerprint density at radius 2 is 2.13 bits per heavy atom. The van der Waals surface area contributed by atoms with E-state index in [1.165, 1.54) is 0 Å². The molecule has 3 amide bonds. The van der Waals surface area contributed by atoms with Gasteiger partial charge in [-0.25, -0.2) is 9.69 Å². The highest BCUT2D eigenvalue weighted by molar-refractivity contribution is 9.10. The van der Waals surface area contributed by atoms with Crippen molar-refractivity contribution in [3.8, 4) is 5.75 Å². The predicted octanol–water partition coefficient (Wildman–Crippen LogP) is 1.51. The molecule has 0 atom stereocenters. The van der Waals surface area contributed by atoms with Gasteiger partial charge in [0.2, 0.25) is 0 Å². The first-order chi connectivity index (χ1) is 11.0. The third-order valence-electron chi connectivity index (χ3n) is 3.93. The number of carbonyl (C=O) groups excluding carboxylic acids is 3. The Morgan fingerprint density at radius 3 is 2.74 bits per heavy atom. The number of benzene rings is 1. The van der Waals surface area contributed by atoms with E-state index in [1.54, 1.807) is 30.2 Å². The van der Waals surface area contributed by atoms with Gasteiger partial charge in [-0.3, -0.25) is 9.59 Å². The summed E-state index contributed by atoms with van der Waals surface area (Å²) in [6.45, 7) is 1.10. The number of halogens is 1. The average molecular weight is 383 g/mol. The second-order valence-electron chi connectivity index (χ2n) is 5.48. The van der Waals surface area contributed by atoms with Crippen LogP contribution in [0, 0.1) is 5.92 Å². The maximum atomic E-state index is 12.5. The molecule has 0 N–H and O–H groups in total. The van der Waals surface area contributed by atoms with Crippen molar-refractivity contribution < 1.29 is 23.9 Å². The third-order valence-corrected chi connectivity index (χ3v) is 4.62. The molecule has 0 radical (unpaired) electrons. The molecule has 0 unspecified atom stereocenters. The lowest BCUT2D eigenvalue weighted by atomic mass is 9.98. The zero-order valence-corrected chi connectivity index (χ0v) is 14.0. The quantitative estimate of drug-likeness (QED) is 0.788. The minimum absolute atomic E-state index is 0.0814. The average Bonchev–Trinajstić information content (AvgIpc) is 2.81. The van der Waals surface area contributed by atoms with Gasteiger partial charge in [-0.2, -0.15) is 0 Å². The molecule has 0 aliphatic carbocycles. The summed E-state index contributed by atoms with van der Waals surface area (Å²) in [6, 6.07) is 5.22. The number of amides is 3. The normalized spacial score (nSPS) is 18.0. The summed E-state index contributed by atoms with van der Waals surface area (Å²) in [7, 11) is 1.54. The number of imide groups is 1. The first kappa shape index (κ1) is 15.8. The monoisotopic (exact) mass is 382 g/mol. The first-order valence-electron chi connectivity index (χ1n) is 7.09. The van der Waals surface area contributed by atoms with E-state index in [-0.39, 0.29) is 24.3 Å². The van der Waals surface area contributed by atoms with Crippen molar-refractivity contribution in [1.29, 1.82) is 0 Å². The van der Waals surface area contributed by atoms with Crippen LogP contribution in [-0.4, -0.2) is 61.1 Å². The van der Waals surface area contributed by atoms with Gasteiger partial charge in [0.15, 0.2) is 6.61 Å². The van der Waals surface area contributed by atoms with Gasteiger partial charge in [-0.15, -0.1) is 0 Å².